The first-order valence-electron chi connectivity index (χ1n) is 9.94. The minimum atomic E-state index is -0.155. The van der Waals surface area contributed by atoms with Crippen LogP contribution in [0.25, 0.3) is 0 Å². The molecular formula is C23H30FIN2. The molecule has 0 aromatic heterocycles. The Morgan fingerprint density at radius 2 is 1.59 bits per heavy atom. The summed E-state index contributed by atoms with van der Waals surface area (Å²) in [5.74, 6) is -0.155. The molecule has 1 atom stereocenters. The van der Waals surface area contributed by atoms with Crippen molar-refractivity contribution in [3.05, 3.63) is 65.5 Å². The molecule has 1 aliphatic carbocycles. The summed E-state index contributed by atoms with van der Waals surface area (Å²) in [6.07, 6.45) is 6.12. The Hall–Kier alpha value is -1.14. The van der Waals surface area contributed by atoms with Crippen LogP contribution in [0.1, 0.15) is 30.4 Å². The largest absolute Gasteiger partial charge is 1.00 e. The maximum absolute atomic E-state index is 13.5. The first-order valence-corrected chi connectivity index (χ1v) is 9.94. The van der Waals surface area contributed by atoms with E-state index < -0.39 is 0 Å². The van der Waals surface area contributed by atoms with Gasteiger partial charge in [0.25, 0.3) is 0 Å². The topological polar surface area (TPSA) is 3.24 Å². The maximum atomic E-state index is 13.5. The molecule has 0 radical (unpaired) electrons. The molecule has 0 saturated carbocycles. The van der Waals surface area contributed by atoms with Gasteiger partial charge in [-0.05, 0) is 61.1 Å². The number of likely N-dealkylation sites (N-methyl/N-ethyl adjacent to an activating group) is 1. The standard InChI is InChI=1S/C23H30FN2.HI/c1-26(2)14-6-5-9-23(26)17-25(21-12-10-20(24)11-13-21)22-15-18-7-3-4-8-19(18)16-22;/h3-4,7-8,10-13,22-23H,5-6,9,14-17H2,1-2H3;1H/q+1;/p-1. The van der Waals surface area contributed by atoms with Gasteiger partial charge in [0.1, 0.15) is 11.9 Å². The molecular weight excluding hydrogens is 450 g/mol. The highest BCUT2D eigenvalue weighted by molar-refractivity contribution is 5.50. The van der Waals surface area contributed by atoms with Crippen LogP contribution in [0.15, 0.2) is 48.5 Å². The van der Waals surface area contributed by atoms with Crippen molar-refractivity contribution in [3.8, 4) is 0 Å². The number of hydrogen-bond donors (Lipinski definition) is 0. The molecule has 2 aliphatic rings. The summed E-state index contributed by atoms with van der Waals surface area (Å²) in [6.45, 7) is 2.31. The van der Waals surface area contributed by atoms with Gasteiger partial charge in [0.15, 0.2) is 0 Å². The van der Waals surface area contributed by atoms with Crippen LogP contribution in [0, 0.1) is 5.82 Å². The zero-order chi connectivity index (χ0) is 18.1. The van der Waals surface area contributed by atoms with Crippen molar-refractivity contribution < 1.29 is 32.9 Å². The molecule has 2 nitrogen and oxygen atoms in total. The van der Waals surface area contributed by atoms with E-state index in [0.717, 1.165) is 29.6 Å². The summed E-state index contributed by atoms with van der Waals surface area (Å²) >= 11 is 0. The number of nitrogens with zero attached hydrogens (tertiary/aromatic N) is 2. The number of likely N-dealkylation sites (tertiary alicyclic amines) is 1. The van der Waals surface area contributed by atoms with E-state index >= 15 is 0 Å². The molecule has 2 aromatic rings. The number of benzene rings is 2. The van der Waals surface area contributed by atoms with Gasteiger partial charge >= 0.3 is 0 Å². The molecule has 1 fully saturated rings. The zero-order valence-electron chi connectivity index (χ0n) is 16.4. The Morgan fingerprint density at radius 3 is 2.19 bits per heavy atom. The number of hydrogen-bond acceptors (Lipinski definition) is 1. The molecule has 1 saturated heterocycles. The van der Waals surface area contributed by atoms with Crippen molar-refractivity contribution in [3.63, 3.8) is 0 Å². The Balaban J connectivity index is 0.00000210. The molecule has 4 heteroatoms. The van der Waals surface area contributed by atoms with Crippen LogP contribution in [-0.4, -0.2) is 43.8 Å². The predicted octanol–water partition coefficient (Wildman–Crippen LogP) is 1.43. The van der Waals surface area contributed by atoms with Crippen molar-refractivity contribution in [2.24, 2.45) is 0 Å². The van der Waals surface area contributed by atoms with Gasteiger partial charge in [-0.2, -0.15) is 0 Å². The molecule has 2 aromatic carbocycles. The second-order valence-electron chi connectivity index (χ2n) is 8.61. The van der Waals surface area contributed by atoms with E-state index in [9.17, 15) is 4.39 Å². The molecule has 0 spiro atoms. The Labute approximate surface area is 180 Å². The Bertz CT molecular complexity index is 734. The molecule has 0 N–H and O–H groups in total. The first-order chi connectivity index (χ1) is 12.5. The number of piperidine rings is 1. The minimum Gasteiger partial charge on any atom is -1.00 e. The number of rotatable bonds is 4. The smallest absolute Gasteiger partial charge is 0.123 e. The zero-order valence-corrected chi connectivity index (χ0v) is 18.5. The second kappa shape index (κ2) is 8.48. The van der Waals surface area contributed by atoms with Gasteiger partial charge in [-0.25, -0.2) is 4.39 Å². The van der Waals surface area contributed by atoms with Crippen LogP contribution in [0.4, 0.5) is 10.1 Å². The quantitative estimate of drug-likeness (QED) is 0.473. The third-order valence-electron chi connectivity index (χ3n) is 6.55. The highest BCUT2D eigenvalue weighted by Crippen LogP contribution is 2.31. The first kappa shape index (κ1) is 20.6. The minimum absolute atomic E-state index is 0. The Kier molecular flexibility index (Phi) is 6.46. The van der Waals surface area contributed by atoms with Gasteiger partial charge in [-0.1, -0.05) is 24.3 Å². The van der Waals surface area contributed by atoms with Gasteiger partial charge in [0.05, 0.1) is 27.2 Å². The van der Waals surface area contributed by atoms with Gasteiger partial charge < -0.3 is 33.4 Å². The summed E-state index contributed by atoms with van der Waals surface area (Å²) in [5, 5.41) is 0. The van der Waals surface area contributed by atoms with Crippen LogP contribution in [0.3, 0.4) is 0 Å². The van der Waals surface area contributed by atoms with E-state index in [1.807, 2.05) is 12.1 Å². The lowest BCUT2D eigenvalue weighted by Crippen LogP contribution is -3.00. The van der Waals surface area contributed by atoms with Gasteiger partial charge in [0.2, 0.25) is 0 Å². The molecule has 1 unspecified atom stereocenters. The fourth-order valence-corrected chi connectivity index (χ4v) is 4.82. The average molecular weight is 480 g/mol. The third-order valence-corrected chi connectivity index (χ3v) is 6.55. The van der Waals surface area contributed by atoms with Crippen molar-refractivity contribution in [2.75, 3.05) is 32.1 Å². The molecule has 146 valence electrons. The fourth-order valence-electron chi connectivity index (χ4n) is 4.82. The monoisotopic (exact) mass is 480 g/mol. The molecule has 0 bridgehead atoms. The van der Waals surface area contributed by atoms with Gasteiger partial charge in [-0.3, -0.25) is 0 Å². The van der Waals surface area contributed by atoms with E-state index in [0.29, 0.717) is 12.1 Å². The van der Waals surface area contributed by atoms with E-state index in [-0.39, 0.29) is 29.8 Å². The van der Waals surface area contributed by atoms with Crippen LogP contribution < -0.4 is 28.9 Å². The van der Waals surface area contributed by atoms with E-state index in [4.69, 9.17) is 0 Å². The summed E-state index contributed by atoms with van der Waals surface area (Å²) < 4.78 is 14.6. The predicted molar refractivity (Wildman–Crippen MR) is 106 cm³/mol. The van der Waals surface area contributed by atoms with Crippen molar-refractivity contribution >= 4 is 5.69 Å². The average Bonchev–Trinajstić information content (AvgIpc) is 3.05. The molecule has 27 heavy (non-hydrogen) atoms. The molecule has 1 aliphatic heterocycles. The third kappa shape index (κ3) is 4.48. The fraction of sp³-hybridized carbons (Fsp3) is 0.478. The molecule has 0 amide bonds. The van der Waals surface area contributed by atoms with Crippen molar-refractivity contribution in [1.82, 2.24) is 0 Å². The van der Waals surface area contributed by atoms with Crippen LogP contribution >= 0.6 is 0 Å². The lowest BCUT2D eigenvalue weighted by Gasteiger charge is -2.45. The number of fused-ring (bicyclic) bond motifs is 1. The summed E-state index contributed by atoms with van der Waals surface area (Å²) in [6, 6.07) is 17.0. The summed E-state index contributed by atoms with van der Waals surface area (Å²) in [4.78, 5) is 2.56. The number of anilines is 1. The maximum Gasteiger partial charge on any atom is 0.123 e. The van der Waals surface area contributed by atoms with E-state index in [1.54, 1.807) is 12.1 Å². The lowest BCUT2D eigenvalue weighted by atomic mass is 9.98. The summed E-state index contributed by atoms with van der Waals surface area (Å²) in [7, 11) is 4.74. The van der Waals surface area contributed by atoms with Gasteiger partial charge in [0, 0.05) is 18.2 Å². The second-order valence-corrected chi connectivity index (χ2v) is 8.61. The van der Waals surface area contributed by atoms with Crippen LogP contribution in [0.2, 0.25) is 0 Å². The van der Waals surface area contributed by atoms with Crippen LogP contribution in [0.5, 0.6) is 0 Å². The van der Waals surface area contributed by atoms with Crippen molar-refractivity contribution in [2.45, 2.75) is 44.2 Å². The van der Waals surface area contributed by atoms with E-state index in [2.05, 4.69) is 43.3 Å². The Morgan fingerprint density at radius 1 is 0.963 bits per heavy atom. The molecule has 1 heterocycles. The van der Waals surface area contributed by atoms with Gasteiger partial charge in [-0.15, -0.1) is 0 Å². The van der Waals surface area contributed by atoms with E-state index in [1.165, 1.54) is 36.9 Å². The molecule has 4 rings (SSSR count). The normalized spacial score (nSPS) is 21.4. The van der Waals surface area contributed by atoms with Crippen molar-refractivity contribution in [1.29, 1.82) is 0 Å². The number of halogens is 2. The SMILES string of the molecule is C[N+]1(C)CCCCC1CN(c1ccc(F)cc1)C1Cc2ccccc2C1.[I-]. The number of quaternary nitrogens is 1. The highest BCUT2D eigenvalue weighted by atomic mass is 127. The lowest BCUT2D eigenvalue weighted by molar-refractivity contribution is -0.918. The van der Waals surface area contributed by atoms with Crippen LogP contribution in [-0.2, 0) is 12.8 Å². The highest BCUT2D eigenvalue weighted by Gasteiger charge is 2.36. The summed E-state index contributed by atoms with van der Waals surface area (Å²) in [5.41, 5.74) is 4.11.